The number of amides is 3. The fraction of sp³-hybridized carbons (Fsp3) is 0.0870. The molecule has 4 rings (SSSR count). The van der Waals surface area contributed by atoms with E-state index in [1.807, 2.05) is 42.5 Å². The van der Waals surface area contributed by atoms with Gasteiger partial charge in [0, 0.05) is 15.7 Å². The number of hydrogen-bond donors (Lipinski definition) is 1. The van der Waals surface area contributed by atoms with Gasteiger partial charge >= 0.3 is 0 Å². The summed E-state index contributed by atoms with van der Waals surface area (Å²) < 4.78 is 1.04. The lowest BCUT2D eigenvalue weighted by Gasteiger charge is -2.25. The van der Waals surface area contributed by atoms with Crippen LogP contribution in [0.3, 0.4) is 0 Å². The van der Waals surface area contributed by atoms with Crippen molar-refractivity contribution in [3.05, 3.63) is 99.1 Å². The van der Waals surface area contributed by atoms with E-state index in [1.54, 1.807) is 36.4 Å². The summed E-state index contributed by atoms with van der Waals surface area (Å²) in [6, 6.07) is 22.4. The SMILES string of the molecule is O=C(Nc1ccc(I)cc1)[C@@H](Cc1ccccc1)N1C(=O)c2ccccc2C1=O. The molecular weight excluding hydrogens is 479 g/mol. The van der Waals surface area contributed by atoms with Gasteiger partial charge in [-0.15, -0.1) is 0 Å². The van der Waals surface area contributed by atoms with E-state index in [0.29, 0.717) is 16.8 Å². The number of imide groups is 1. The summed E-state index contributed by atoms with van der Waals surface area (Å²) in [5.74, 6) is -1.28. The van der Waals surface area contributed by atoms with Gasteiger partial charge in [-0.05, 0) is 64.6 Å². The number of nitrogens with zero attached hydrogens (tertiary/aromatic N) is 1. The van der Waals surface area contributed by atoms with Crippen LogP contribution in [0.2, 0.25) is 0 Å². The van der Waals surface area contributed by atoms with Crippen molar-refractivity contribution in [2.24, 2.45) is 0 Å². The van der Waals surface area contributed by atoms with Gasteiger partial charge in [-0.25, -0.2) is 0 Å². The topological polar surface area (TPSA) is 66.5 Å². The fourth-order valence-corrected chi connectivity index (χ4v) is 3.75. The van der Waals surface area contributed by atoms with Gasteiger partial charge in [-0.2, -0.15) is 0 Å². The summed E-state index contributed by atoms with van der Waals surface area (Å²) in [7, 11) is 0. The lowest BCUT2D eigenvalue weighted by molar-refractivity contribution is -0.119. The molecule has 0 spiro atoms. The molecule has 5 nitrogen and oxygen atoms in total. The molecule has 3 aromatic carbocycles. The van der Waals surface area contributed by atoms with Crippen molar-refractivity contribution in [1.82, 2.24) is 4.90 Å². The summed E-state index contributed by atoms with van der Waals surface area (Å²) >= 11 is 2.18. The van der Waals surface area contributed by atoms with Gasteiger partial charge in [0.1, 0.15) is 6.04 Å². The normalized spacial score (nSPS) is 13.9. The third kappa shape index (κ3) is 3.93. The second kappa shape index (κ2) is 8.16. The van der Waals surface area contributed by atoms with Crippen LogP contribution in [0.4, 0.5) is 5.69 Å². The number of fused-ring (bicyclic) bond motifs is 1. The Hall–Kier alpha value is -3.00. The van der Waals surface area contributed by atoms with E-state index < -0.39 is 23.8 Å². The van der Waals surface area contributed by atoms with Crippen molar-refractivity contribution < 1.29 is 14.4 Å². The van der Waals surface area contributed by atoms with E-state index in [4.69, 9.17) is 0 Å². The monoisotopic (exact) mass is 496 g/mol. The third-order valence-corrected chi connectivity index (χ3v) is 5.54. The van der Waals surface area contributed by atoms with Gasteiger partial charge in [0.25, 0.3) is 11.8 Å². The maximum absolute atomic E-state index is 13.2. The molecule has 0 fully saturated rings. The number of halogens is 1. The van der Waals surface area contributed by atoms with Crippen LogP contribution >= 0.6 is 22.6 Å². The maximum Gasteiger partial charge on any atom is 0.262 e. The van der Waals surface area contributed by atoms with E-state index in [2.05, 4.69) is 27.9 Å². The number of carbonyl (C=O) groups is 3. The van der Waals surface area contributed by atoms with Crippen LogP contribution < -0.4 is 5.32 Å². The molecule has 1 aliphatic rings. The number of carbonyl (C=O) groups excluding carboxylic acids is 3. The molecule has 1 atom stereocenters. The molecule has 29 heavy (non-hydrogen) atoms. The lowest BCUT2D eigenvalue weighted by atomic mass is 10.0. The third-order valence-electron chi connectivity index (χ3n) is 4.82. The minimum atomic E-state index is -0.955. The first-order chi connectivity index (χ1) is 14.0. The van der Waals surface area contributed by atoms with Gasteiger partial charge in [0.15, 0.2) is 0 Å². The van der Waals surface area contributed by atoms with Crippen molar-refractivity contribution in [2.75, 3.05) is 5.32 Å². The second-order valence-corrected chi connectivity index (χ2v) is 7.97. The van der Waals surface area contributed by atoms with Crippen LogP contribution in [-0.2, 0) is 11.2 Å². The first-order valence-electron chi connectivity index (χ1n) is 9.12. The Morgan fingerprint density at radius 2 is 1.38 bits per heavy atom. The van der Waals surface area contributed by atoms with Gasteiger partial charge < -0.3 is 5.32 Å². The Morgan fingerprint density at radius 3 is 1.97 bits per heavy atom. The van der Waals surface area contributed by atoms with Crippen LogP contribution in [0, 0.1) is 3.57 Å². The molecule has 0 unspecified atom stereocenters. The number of nitrogens with one attached hydrogen (secondary N) is 1. The molecule has 0 aliphatic carbocycles. The average molecular weight is 496 g/mol. The molecule has 0 bridgehead atoms. The molecule has 0 saturated heterocycles. The smallest absolute Gasteiger partial charge is 0.262 e. The average Bonchev–Trinajstić information content (AvgIpc) is 2.99. The molecular formula is C23H17IN2O3. The predicted octanol–water partition coefficient (Wildman–Crippen LogP) is 4.14. The highest BCUT2D eigenvalue weighted by Crippen LogP contribution is 2.26. The van der Waals surface area contributed by atoms with E-state index >= 15 is 0 Å². The van der Waals surface area contributed by atoms with Crippen molar-refractivity contribution in [1.29, 1.82) is 0 Å². The van der Waals surface area contributed by atoms with Gasteiger partial charge in [0.2, 0.25) is 5.91 Å². The van der Waals surface area contributed by atoms with Crippen LogP contribution in [-0.4, -0.2) is 28.7 Å². The zero-order valence-corrected chi connectivity index (χ0v) is 17.5. The van der Waals surface area contributed by atoms with Crippen molar-refractivity contribution >= 4 is 46.0 Å². The zero-order valence-electron chi connectivity index (χ0n) is 15.3. The van der Waals surface area contributed by atoms with Crippen molar-refractivity contribution in [3.8, 4) is 0 Å². The Bertz CT molecular complexity index is 1050. The molecule has 1 N–H and O–H groups in total. The largest absolute Gasteiger partial charge is 0.324 e. The van der Waals surface area contributed by atoms with Crippen LogP contribution in [0.25, 0.3) is 0 Å². The Kier molecular flexibility index (Phi) is 5.44. The Balaban J connectivity index is 1.67. The fourth-order valence-electron chi connectivity index (χ4n) is 3.39. The van der Waals surface area contributed by atoms with Crippen LogP contribution in [0.15, 0.2) is 78.9 Å². The first kappa shape index (κ1) is 19.3. The van der Waals surface area contributed by atoms with Crippen molar-refractivity contribution in [2.45, 2.75) is 12.5 Å². The molecule has 6 heteroatoms. The van der Waals surface area contributed by atoms with E-state index in [9.17, 15) is 14.4 Å². The highest BCUT2D eigenvalue weighted by Gasteiger charge is 2.42. The minimum Gasteiger partial charge on any atom is -0.324 e. The van der Waals surface area contributed by atoms with E-state index in [1.165, 1.54) is 0 Å². The van der Waals surface area contributed by atoms with Crippen LogP contribution in [0.5, 0.6) is 0 Å². The first-order valence-corrected chi connectivity index (χ1v) is 10.2. The molecule has 144 valence electrons. The lowest BCUT2D eigenvalue weighted by Crippen LogP contribution is -2.48. The summed E-state index contributed by atoms with van der Waals surface area (Å²) in [6.45, 7) is 0. The van der Waals surface area contributed by atoms with Gasteiger partial charge in [-0.1, -0.05) is 42.5 Å². The summed E-state index contributed by atoms with van der Waals surface area (Å²) in [6.07, 6.45) is 0.239. The van der Waals surface area contributed by atoms with E-state index in [-0.39, 0.29) is 6.42 Å². The van der Waals surface area contributed by atoms with Gasteiger partial charge in [0.05, 0.1) is 11.1 Å². The van der Waals surface area contributed by atoms with Crippen molar-refractivity contribution in [3.63, 3.8) is 0 Å². The number of rotatable bonds is 5. The molecule has 0 radical (unpaired) electrons. The minimum absolute atomic E-state index is 0.239. The molecule has 3 aromatic rings. The van der Waals surface area contributed by atoms with Gasteiger partial charge in [-0.3, -0.25) is 19.3 Å². The maximum atomic E-state index is 13.2. The molecule has 0 aromatic heterocycles. The standard InChI is InChI=1S/C23H17IN2O3/c24-16-10-12-17(13-11-16)25-21(27)20(14-15-6-2-1-3-7-15)26-22(28)18-8-4-5-9-19(18)23(26)29/h1-13,20H,14H2,(H,25,27)/t20-/m1/s1. The molecule has 1 aliphatic heterocycles. The highest BCUT2D eigenvalue weighted by molar-refractivity contribution is 14.1. The Morgan fingerprint density at radius 1 is 0.828 bits per heavy atom. The summed E-state index contributed by atoms with van der Waals surface area (Å²) in [5, 5.41) is 2.85. The quantitative estimate of drug-likeness (QED) is 0.427. The van der Waals surface area contributed by atoms with E-state index in [0.717, 1.165) is 14.0 Å². The Labute approximate surface area is 181 Å². The summed E-state index contributed by atoms with van der Waals surface area (Å²) in [5.41, 5.74) is 2.15. The predicted molar refractivity (Wildman–Crippen MR) is 119 cm³/mol. The molecule has 0 saturated carbocycles. The number of hydrogen-bond acceptors (Lipinski definition) is 3. The van der Waals surface area contributed by atoms with Crippen LogP contribution in [0.1, 0.15) is 26.3 Å². The highest BCUT2D eigenvalue weighted by atomic mass is 127. The second-order valence-electron chi connectivity index (χ2n) is 6.73. The summed E-state index contributed by atoms with van der Waals surface area (Å²) in [4.78, 5) is 40.2. The number of benzene rings is 3. The molecule has 1 heterocycles. The number of anilines is 1. The molecule has 3 amide bonds. The zero-order chi connectivity index (χ0) is 20.4.